The number of hydrogen-bond donors (Lipinski definition) is 2. The summed E-state index contributed by atoms with van der Waals surface area (Å²) in [7, 11) is 0. The van der Waals surface area contributed by atoms with Gasteiger partial charge in [0.2, 0.25) is 0 Å². The van der Waals surface area contributed by atoms with Crippen LogP contribution in [0.25, 0.3) is 0 Å². The zero-order chi connectivity index (χ0) is 3.58. The molecule has 0 unspecified atom stereocenters. The fourth-order valence-corrected chi connectivity index (χ4v) is 0. The normalized spacial score (nSPS) is 1.60. The fraction of sp³-hybridized carbons (Fsp3) is 0. The average Bonchev–Trinajstić information content (AvgIpc) is 0.811. The van der Waals surface area contributed by atoms with Crippen LogP contribution in [-0.4, -0.2) is 129 Å². The van der Waals surface area contributed by atoms with Gasteiger partial charge < -0.3 is 65.0 Å². The summed E-state index contributed by atoms with van der Waals surface area (Å²) in [5, 5.41) is 13.9. The van der Waals surface area contributed by atoms with Crippen molar-refractivity contribution in [2.45, 2.75) is 0 Å². The Bertz CT molecular complexity index is 33.5. The third-order valence-electron chi connectivity index (χ3n) is 0. The van der Waals surface area contributed by atoms with E-state index in [1.165, 1.54) is 0 Å². The van der Waals surface area contributed by atoms with Gasteiger partial charge in [-0.15, -0.1) is 0 Å². The van der Waals surface area contributed by atoms with E-state index in [4.69, 9.17) is 15.0 Å². The van der Waals surface area contributed by atoms with Crippen molar-refractivity contribution in [3.63, 3.8) is 0 Å². The van der Waals surface area contributed by atoms with Gasteiger partial charge in [0.15, 0.2) is 0 Å². The second-order valence-electron chi connectivity index (χ2n) is 0.283. The molecule has 0 heterocycles. The Morgan fingerprint density at radius 3 is 0.533 bits per heavy atom. The third-order valence-corrected chi connectivity index (χ3v) is 0. The maximum absolute atomic E-state index is 8.56. The Balaban J connectivity index is -0.000000000818. The Morgan fingerprint density at radius 2 is 0.533 bits per heavy atom. The van der Waals surface area contributed by atoms with E-state index < -0.39 is 6.16 Å². The molecule has 0 bridgehead atoms. The Kier molecular flexibility index (Phi) is 3390. The van der Waals surface area contributed by atoms with E-state index in [-0.39, 0.29) is 113 Å². The predicted octanol–water partition coefficient (Wildman–Crippen LogP) is -8.67. The van der Waals surface area contributed by atoms with Crippen molar-refractivity contribution >= 4 is 64.3 Å². The summed E-state index contributed by atoms with van der Waals surface area (Å²) in [5.41, 5.74) is 0. The molecule has 0 spiro atoms. The van der Waals surface area contributed by atoms with Crippen LogP contribution in [0.1, 0.15) is 0 Å². The van der Waals surface area contributed by atoms with Gasteiger partial charge in [0.1, 0.15) is 0 Å². The molecule has 0 aromatic heterocycles. The molecule has 0 aromatic carbocycles. The van der Waals surface area contributed by atoms with Crippen LogP contribution >= 0.6 is 0 Å². The molecule has 0 fully saturated rings. The van der Waals surface area contributed by atoms with Crippen LogP contribution in [0.2, 0.25) is 0 Å². The number of carbonyl (C=O) groups is 1. The van der Waals surface area contributed by atoms with Crippen LogP contribution in [0.5, 0.6) is 0 Å². The predicted molar refractivity (Wildman–Crippen MR) is 53.9 cm³/mol. The van der Waals surface area contributed by atoms with E-state index in [2.05, 4.69) is 0 Å². The summed E-state index contributed by atoms with van der Waals surface area (Å²) in [5.74, 6) is 0. The quantitative estimate of drug-likeness (QED) is 0.437. The molecule has 22 N–H and O–H groups in total. The molecule has 13 nitrogen and oxygen atoms in total. The van der Waals surface area contributed by atoms with Crippen molar-refractivity contribution < 1.29 is 69.8 Å². The van der Waals surface area contributed by atoms with Crippen molar-refractivity contribution in [1.82, 2.24) is 0 Å². The van der Waals surface area contributed by atoms with E-state index in [9.17, 15) is 0 Å². The molecule has 0 amide bonds. The van der Waals surface area contributed by atoms with Crippen LogP contribution in [0, 0.1) is 0 Å². The summed E-state index contributed by atoms with van der Waals surface area (Å²) >= 11 is 0. The number of carboxylic acid groups (broad SMARTS) is 2. The van der Waals surface area contributed by atoms with Gasteiger partial charge in [0.05, 0.1) is 0 Å². The minimum atomic E-state index is -1.83. The maximum atomic E-state index is 8.56. The first-order valence-electron chi connectivity index (χ1n) is 0.651. The van der Waals surface area contributed by atoms with Crippen molar-refractivity contribution in [3.8, 4) is 0 Å². The van der Waals surface area contributed by atoms with Crippen LogP contribution < -0.4 is 0 Å². The Morgan fingerprint density at radius 1 is 0.533 bits per heavy atom. The monoisotopic (exact) mass is 328 g/mol. The molecule has 0 rings (SSSR count). The van der Waals surface area contributed by atoms with Gasteiger partial charge in [-0.1, -0.05) is 0 Å². The van der Waals surface area contributed by atoms with Crippen molar-refractivity contribution in [3.05, 3.63) is 0 Å². The molecular formula is CH23O13Rb. The van der Waals surface area contributed by atoms with Crippen LogP contribution in [0.15, 0.2) is 0 Å². The van der Waals surface area contributed by atoms with Crippen LogP contribution in [0.3, 0.4) is 0 Å². The van der Waals surface area contributed by atoms with Gasteiger partial charge in [-0.2, -0.15) is 0 Å². The van der Waals surface area contributed by atoms with Crippen molar-refractivity contribution in [2.24, 2.45) is 0 Å². The summed E-state index contributed by atoms with van der Waals surface area (Å²) in [6.45, 7) is 0. The van der Waals surface area contributed by atoms with E-state index in [0.717, 1.165) is 0 Å². The van der Waals surface area contributed by atoms with Crippen LogP contribution in [0.4, 0.5) is 4.79 Å². The standard InChI is InChI=1S/CH2O3.10H2O.Rb.H/c2-1(3)4;;;;;;;;;;;;/h(H2,2,3,4);10*1H2;;. The first kappa shape index (κ1) is 250. The molecule has 15 heavy (non-hydrogen) atoms. The van der Waals surface area contributed by atoms with Crippen molar-refractivity contribution in [2.75, 3.05) is 0 Å². The van der Waals surface area contributed by atoms with Gasteiger partial charge in [-0.3, -0.25) is 0 Å². The summed E-state index contributed by atoms with van der Waals surface area (Å²) < 4.78 is 0. The topological polar surface area (TPSA) is 373 Å². The molecule has 14 heteroatoms. The van der Waals surface area contributed by atoms with Gasteiger partial charge in [-0.25, -0.2) is 4.79 Å². The first-order chi connectivity index (χ1) is 1.73. The van der Waals surface area contributed by atoms with E-state index in [1.54, 1.807) is 0 Å². The van der Waals surface area contributed by atoms with Gasteiger partial charge in [-0.05, 0) is 0 Å². The molecule has 0 saturated carbocycles. The minimum absolute atomic E-state index is 0. The van der Waals surface area contributed by atoms with Crippen molar-refractivity contribution in [1.29, 1.82) is 0 Å². The van der Waals surface area contributed by atoms with Gasteiger partial charge >= 0.3 is 64.3 Å². The zero-order valence-corrected chi connectivity index (χ0v) is 6.80. The van der Waals surface area contributed by atoms with E-state index in [1.807, 2.05) is 0 Å². The van der Waals surface area contributed by atoms with E-state index in [0.29, 0.717) is 0 Å². The first-order valence-corrected chi connectivity index (χ1v) is 0.651. The van der Waals surface area contributed by atoms with Gasteiger partial charge in [0, 0.05) is 0 Å². The van der Waals surface area contributed by atoms with Crippen LogP contribution in [-0.2, 0) is 0 Å². The summed E-state index contributed by atoms with van der Waals surface area (Å²) in [6, 6.07) is 0. The molecule has 0 saturated heterocycles. The molecular weight excluding hydrogens is 305 g/mol. The third kappa shape index (κ3) is 5170. The zero-order valence-electron chi connectivity index (χ0n) is 6.80. The SMILES string of the molecule is O.O.O.O.O.O.O.O.O.O.O=C(O)O.[RbH]. The average molecular weight is 329 g/mol. The molecule has 0 atom stereocenters. The number of rotatable bonds is 0. The molecule has 0 aromatic rings. The second kappa shape index (κ2) is 203. The molecule has 0 radical (unpaired) electrons. The molecule has 0 aliphatic carbocycles. The van der Waals surface area contributed by atoms with E-state index >= 15 is 0 Å². The number of hydrogen-bond acceptors (Lipinski definition) is 1. The molecule has 106 valence electrons. The Hall–Kier alpha value is 0.675. The molecule has 0 aliphatic heterocycles. The second-order valence-corrected chi connectivity index (χ2v) is 0.283. The van der Waals surface area contributed by atoms with Gasteiger partial charge in [0.25, 0.3) is 0 Å². The fourth-order valence-electron chi connectivity index (χ4n) is 0. The molecule has 0 aliphatic rings. The summed E-state index contributed by atoms with van der Waals surface area (Å²) in [4.78, 5) is 8.56. The Labute approximate surface area is 133 Å². The summed E-state index contributed by atoms with van der Waals surface area (Å²) in [6.07, 6.45) is -1.83.